The molecule has 1 aromatic carbocycles. The fraction of sp³-hybridized carbons (Fsp3) is 0.318. The van der Waals surface area contributed by atoms with E-state index in [2.05, 4.69) is 43.1 Å². The average molecular weight is 413 g/mol. The smallest absolute Gasteiger partial charge is 0.280 e. The molecule has 2 fully saturated rings. The molecule has 1 saturated carbocycles. The fourth-order valence-corrected chi connectivity index (χ4v) is 4.69. The summed E-state index contributed by atoms with van der Waals surface area (Å²) in [4.78, 5) is 28.0. The van der Waals surface area contributed by atoms with Crippen LogP contribution in [0.3, 0.4) is 0 Å². The maximum Gasteiger partial charge on any atom is 0.280 e. The van der Waals surface area contributed by atoms with Crippen LogP contribution in [0, 0.1) is 24.2 Å². The van der Waals surface area contributed by atoms with Crippen LogP contribution in [-0.2, 0) is 13.6 Å². The number of hydrogen-bond donors (Lipinski definition) is 0. The zero-order valence-electron chi connectivity index (χ0n) is 16.8. The number of benzene rings is 1. The summed E-state index contributed by atoms with van der Waals surface area (Å²) in [6, 6.07) is 8.10. The molecule has 0 amide bonds. The van der Waals surface area contributed by atoms with Crippen LogP contribution in [0.2, 0.25) is 0 Å². The maximum absolute atomic E-state index is 12.7. The second-order valence-corrected chi connectivity index (χ2v) is 8.20. The molecule has 1 aliphatic carbocycles. The minimum absolute atomic E-state index is 0.181. The van der Waals surface area contributed by atoms with Crippen molar-refractivity contribution in [2.24, 2.45) is 18.9 Å². The molecule has 1 aliphatic heterocycles. The molecular weight excluding hydrogens is 394 g/mol. The van der Waals surface area contributed by atoms with Crippen molar-refractivity contribution < 1.29 is 4.52 Å². The highest BCUT2D eigenvalue weighted by Gasteiger charge is 2.58. The molecular formula is C22H19N7O2. The normalized spacial score (nSPS) is 21.9. The van der Waals surface area contributed by atoms with Crippen LogP contribution >= 0.6 is 0 Å². The molecule has 31 heavy (non-hydrogen) atoms. The van der Waals surface area contributed by atoms with Crippen molar-refractivity contribution in [3.63, 3.8) is 0 Å². The minimum Gasteiger partial charge on any atom is -0.371 e. The Hall–Kier alpha value is -3.93. The monoisotopic (exact) mass is 413 g/mol. The first-order valence-corrected chi connectivity index (χ1v) is 10.1. The van der Waals surface area contributed by atoms with E-state index in [9.17, 15) is 4.79 Å². The van der Waals surface area contributed by atoms with E-state index < -0.39 is 0 Å². The number of imidazole rings is 1. The fourth-order valence-electron chi connectivity index (χ4n) is 4.69. The van der Waals surface area contributed by atoms with Gasteiger partial charge in [0.25, 0.3) is 5.56 Å². The van der Waals surface area contributed by atoms with Gasteiger partial charge in [-0.1, -0.05) is 11.1 Å². The number of piperidine rings is 1. The second-order valence-electron chi connectivity index (χ2n) is 8.20. The van der Waals surface area contributed by atoms with Gasteiger partial charge in [-0.25, -0.2) is 9.97 Å². The molecule has 0 bridgehead atoms. The first-order valence-electron chi connectivity index (χ1n) is 10.1. The predicted molar refractivity (Wildman–Crippen MR) is 112 cm³/mol. The standard InChI is InChI=1S/C22H19N7O2/c1-3-13-4-6-14(7-5-13)28-8-15-16(9-28)18(15)20-25-17(31-26-20)10-29-12-24-21-19(22(29)30)27(2)11-23-21/h1,4-7,11-12,15-16,18H,8-10H2,2H3. The van der Waals surface area contributed by atoms with Crippen LogP contribution in [0.15, 0.2) is 46.2 Å². The number of hydrogen-bond acceptors (Lipinski definition) is 7. The molecule has 2 unspecified atom stereocenters. The van der Waals surface area contributed by atoms with Crippen molar-refractivity contribution in [1.29, 1.82) is 0 Å². The van der Waals surface area contributed by atoms with E-state index in [1.807, 2.05) is 12.1 Å². The largest absolute Gasteiger partial charge is 0.371 e. The Kier molecular flexibility index (Phi) is 3.77. The van der Waals surface area contributed by atoms with Gasteiger partial charge in [0.15, 0.2) is 17.0 Å². The molecule has 1 saturated heterocycles. The molecule has 4 heterocycles. The van der Waals surface area contributed by atoms with Gasteiger partial charge in [-0.05, 0) is 36.1 Å². The topological polar surface area (TPSA) is 94.9 Å². The second kappa shape index (κ2) is 6.54. The summed E-state index contributed by atoms with van der Waals surface area (Å²) in [5.41, 5.74) is 2.78. The Morgan fingerprint density at radius 2 is 1.90 bits per heavy atom. The Morgan fingerprint density at radius 3 is 2.65 bits per heavy atom. The van der Waals surface area contributed by atoms with Crippen LogP contribution < -0.4 is 10.5 Å². The first kappa shape index (κ1) is 17.9. The molecule has 2 atom stereocenters. The molecule has 3 aromatic heterocycles. The lowest BCUT2D eigenvalue weighted by molar-refractivity contribution is 0.363. The van der Waals surface area contributed by atoms with Gasteiger partial charge in [0.2, 0.25) is 5.89 Å². The lowest BCUT2D eigenvalue weighted by Crippen LogP contribution is -2.23. The summed E-state index contributed by atoms with van der Waals surface area (Å²) in [5.74, 6) is 5.15. The Morgan fingerprint density at radius 1 is 1.16 bits per heavy atom. The molecule has 0 spiro atoms. The number of fused-ring (bicyclic) bond motifs is 2. The Balaban J connectivity index is 1.15. The van der Waals surface area contributed by atoms with E-state index in [1.165, 1.54) is 16.6 Å². The van der Waals surface area contributed by atoms with Gasteiger partial charge in [-0.3, -0.25) is 9.36 Å². The molecule has 6 rings (SSSR count). The van der Waals surface area contributed by atoms with Crippen molar-refractivity contribution in [1.82, 2.24) is 29.2 Å². The third kappa shape index (κ3) is 2.83. The molecule has 9 heteroatoms. The maximum atomic E-state index is 12.7. The summed E-state index contributed by atoms with van der Waals surface area (Å²) in [6.07, 6.45) is 8.48. The van der Waals surface area contributed by atoms with Gasteiger partial charge < -0.3 is 14.0 Å². The quantitative estimate of drug-likeness (QED) is 0.467. The molecule has 4 aromatic rings. The van der Waals surface area contributed by atoms with E-state index >= 15 is 0 Å². The van der Waals surface area contributed by atoms with Gasteiger partial charge >= 0.3 is 0 Å². The van der Waals surface area contributed by atoms with E-state index in [0.717, 1.165) is 24.5 Å². The summed E-state index contributed by atoms with van der Waals surface area (Å²) in [6.45, 7) is 2.12. The van der Waals surface area contributed by atoms with Crippen molar-refractivity contribution in [3.8, 4) is 12.3 Å². The zero-order valence-corrected chi connectivity index (χ0v) is 16.8. The number of aromatic nitrogens is 6. The van der Waals surface area contributed by atoms with Gasteiger partial charge in [-0.15, -0.1) is 6.42 Å². The molecule has 0 radical (unpaired) electrons. The predicted octanol–water partition coefficient (Wildman–Crippen LogP) is 1.39. The van der Waals surface area contributed by atoms with Gasteiger partial charge in [0, 0.05) is 37.3 Å². The van der Waals surface area contributed by atoms with Crippen LogP contribution in [0.25, 0.3) is 11.2 Å². The van der Waals surface area contributed by atoms with Crippen LogP contribution in [0.4, 0.5) is 5.69 Å². The van der Waals surface area contributed by atoms with E-state index in [1.54, 1.807) is 17.9 Å². The highest BCUT2D eigenvalue weighted by molar-refractivity contribution is 5.68. The highest BCUT2D eigenvalue weighted by atomic mass is 16.5. The Bertz CT molecular complexity index is 1380. The molecule has 0 N–H and O–H groups in total. The lowest BCUT2D eigenvalue weighted by Gasteiger charge is -2.21. The van der Waals surface area contributed by atoms with Gasteiger partial charge in [-0.2, -0.15) is 4.98 Å². The third-order valence-electron chi connectivity index (χ3n) is 6.38. The van der Waals surface area contributed by atoms with E-state index in [0.29, 0.717) is 34.8 Å². The Labute approximate surface area is 177 Å². The highest BCUT2D eigenvalue weighted by Crippen LogP contribution is 2.57. The molecule has 9 nitrogen and oxygen atoms in total. The number of rotatable bonds is 4. The third-order valence-corrected chi connectivity index (χ3v) is 6.38. The van der Waals surface area contributed by atoms with Crippen LogP contribution in [0.1, 0.15) is 23.2 Å². The van der Waals surface area contributed by atoms with Crippen LogP contribution in [-0.4, -0.2) is 42.3 Å². The summed E-state index contributed by atoms with van der Waals surface area (Å²) < 4.78 is 8.58. The number of anilines is 1. The SMILES string of the molecule is C#Cc1ccc(N2CC3C(C2)C3c2noc(Cn3cnc4ncn(C)c4c3=O)n2)cc1. The molecule has 154 valence electrons. The van der Waals surface area contributed by atoms with Crippen molar-refractivity contribution in [2.45, 2.75) is 12.5 Å². The zero-order chi connectivity index (χ0) is 21.1. The van der Waals surface area contributed by atoms with E-state index in [4.69, 9.17) is 10.9 Å². The van der Waals surface area contributed by atoms with E-state index in [-0.39, 0.29) is 12.1 Å². The van der Waals surface area contributed by atoms with Crippen molar-refractivity contribution in [3.05, 3.63) is 64.6 Å². The average Bonchev–Trinajstić information content (AvgIpc) is 3.21. The summed E-state index contributed by atoms with van der Waals surface area (Å²) >= 11 is 0. The first-order chi connectivity index (χ1) is 15.1. The lowest BCUT2D eigenvalue weighted by atomic mass is 10.2. The van der Waals surface area contributed by atoms with Crippen molar-refractivity contribution in [2.75, 3.05) is 18.0 Å². The summed E-state index contributed by atoms with van der Waals surface area (Å²) in [5, 5.41) is 4.20. The number of aryl methyl sites for hydroxylation is 1. The number of nitrogens with zero attached hydrogens (tertiary/aromatic N) is 7. The van der Waals surface area contributed by atoms with Gasteiger partial charge in [0.05, 0.1) is 6.33 Å². The van der Waals surface area contributed by atoms with Crippen LogP contribution in [0.5, 0.6) is 0 Å². The summed E-state index contributed by atoms with van der Waals surface area (Å²) in [7, 11) is 1.77. The minimum atomic E-state index is -0.181. The number of terminal acetylenes is 1. The van der Waals surface area contributed by atoms with Gasteiger partial charge in [0.1, 0.15) is 12.9 Å². The van der Waals surface area contributed by atoms with Crippen molar-refractivity contribution >= 4 is 16.9 Å². The molecule has 2 aliphatic rings.